The molecule has 1 N–H and O–H groups in total. The average Bonchev–Trinajstić information content (AvgIpc) is 2.80. The third-order valence-corrected chi connectivity index (χ3v) is 12.7. The van der Waals surface area contributed by atoms with Crippen LogP contribution in [0.2, 0.25) is 18.1 Å². The van der Waals surface area contributed by atoms with Gasteiger partial charge in [0.15, 0.2) is 8.32 Å². The fourth-order valence-electron chi connectivity index (χ4n) is 3.41. The highest BCUT2D eigenvalue weighted by atomic mass is 127. The number of ether oxygens (including phenoxy) is 1. The van der Waals surface area contributed by atoms with E-state index >= 15 is 0 Å². The van der Waals surface area contributed by atoms with Gasteiger partial charge in [0, 0.05) is 18.5 Å². The van der Waals surface area contributed by atoms with Gasteiger partial charge in [-0.2, -0.15) is 12.7 Å². The van der Waals surface area contributed by atoms with E-state index in [1.165, 1.54) is 14.1 Å². The Hall–Kier alpha value is -1.14. The largest absolute Gasteiger partial charge is 0.487 e. The van der Waals surface area contributed by atoms with Crippen molar-refractivity contribution >= 4 is 46.8 Å². The van der Waals surface area contributed by atoms with E-state index in [0.717, 1.165) is 38.0 Å². The molecule has 2 aromatic carbocycles. The van der Waals surface area contributed by atoms with Crippen molar-refractivity contribution in [1.29, 1.82) is 0 Å². The molecule has 0 amide bonds. The van der Waals surface area contributed by atoms with Gasteiger partial charge in [-0.1, -0.05) is 79.8 Å². The highest BCUT2D eigenvalue weighted by Gasteiger charge is 2.32. The molecule has 0 fully saturated rings. The van der Waals surface area contributed by atoms with Gasteiger partial charge in [0.25, 0.3) is 0 Å². The summed E-state index contributed by atoms with van der Waals surface area (Å²) in [7, 11) is -2.51. The molecule has 9 heteroatoms. The summed E-state index contributed by atoms with van der Waals surface area (Å²) in [4.78, 5) is 0. The van der Waals surface area contributed by atoms with Crippen molar-refractivity contribution in [2.45, 2.75) is 51.6 Å². The molecule has 0 bridgehead atoms. The number of nitrogens with zero attached hydrogens (tertiary/aromatic N) is 1. The molecule has 1 atom stereocenters. The molecule has 0 unspecified atom stereocenters. The van der Waals surface area contributed by atoms with Crippen molar-refractivity contribution in [2.24, 2.45) is 0 Å². The van der Waals surface area contributed by atoms with Crippen LogP contribution in [0.4, 0.5) is 5.69 Å². The maximum Gasteiger partial charge on any atom is 0.301 e. The van der Waals surface area contributed by atoms with Crippen molar-refractivity contribution < 1.29 is 17.6 Å². The highest BCUT2D eigenvalue weighted by Crippen LogP contribution is 2.35. The monoisotopic (exact) mass is 590 g/mol. The minimum Gasteiger partial charge on any atom is -0.487 e. The van der Waals surface area contributed by atoms with Crippen LogP contribution in [0.25, 0.3) is 0 Å². The maximum absolute atomic E-state index is 12.6. The second kappa shape index (κ2) is 12.4. The van der Waals surface area contributed by atoms with E-state index in [9.17, 15) is 8.42 Å². The number of benzene rings is 2. The molecule has 0 aliphatic heterocycles. The highest BCUT2D eigenvalue weighted by molar-refractivity contribution is 14.1. The van der Waals surface area contributed by atoms with Gasteiger partial charge in [-0.3, -0.25) is 4.72 Å². The summed E-state index contributed by atoms with van der Waals surface area (Å²) in [6.45, 7) is 6.97. The summed E-state index contributed by atoms with van der Waals surface area (Å²) in [6.07, 6.45) is -0.0899. The third kappa shape index (κ3) is 7.18. The fraction of sp³-hybridized carbons (Fsp3) is 0.478. The smallest absolute Gasteiger partial charge is 0.301 e. The maximum atomic E-state index is 12.6. The van der Waals surface area contributed by atoms with Gasteiger partial charge >= 0.3 is 10.2 Å². The number of halogens is 1. The lowest BCUT2D eigenvalue weighted by molar-refractivity contribution is 0.217. The normalized spacial score (nSPS) is 13.2. The minimum absolute atomic E-state index is 0.0899. The van der Waals surface area contributed by atoms with Crippen molar-refractivity contribution in [3.05, 3.63) is 59.7 Å². The molecule has 0 heterocycles. The van der Waals surface area contributed by atoms with Crippen molar-refractivity contribution in [2.75, 3.05) is 23.2 Å². The first-order valence-corrected chi connectivity index (χ1v) is 16.4. The van der Waals surface area contributed by atoms with Crippen LogP contribution < -0.4 is 9.46 Å². The number of hydrogen-bond donors (Lipinski definition) is 1. The Bertz CT molecular complexity index is 945. The Kier molecular flexibility index (Phi) is 10.5. The zero-order chi connectivity index (χ0) is 23.8. The molecule has 2 rings (SSSR count). The first-order chi connectivity index (χ1) is 15.2. The molecule has 0 aliphatic rings. The van der Waals surface area contributed by atoms with Crippen LogP contribution in [-0.4, -0.2) is 39.6 Å². The minimum atomic E-state index is -3.69. The first-order valence-electron chi connectivity index (χ1n) is 10.9. The Morgan fingerprint density at radius 2 is 1.66 bits per heavy atom. The predicted molar refractivity (Wildman–Crippen MR) is 143 cm³/mol. The van der Waals surface area contributed by atoms with E-state index in [4.69, 9.17) is 9.16 Å². The molecule has 0 aliphatic carbocycles. The van der Waals surface area contributed by atoms with Crippen molar-refractivity contribution in [3.8, 4) is 5.75 Å². The van der Waals surface area contributed by atoms with Crippen LogP contribution in [0.1, 0.15) is 38.0 Å². The lowest BCUT2D eigenvalue weighted by atomic mass is 10.1. The quantitative estimate of drug-likeness (QED) is 0.177. The Morgan fingerprint density at radius 1 is 1.03 bits per heavy atom. The summed E-state index contributed by atoms with van der Waals surface area (Å²) in [6, 6.07) is 18.7. The standard InChI is InChI=1S/C23H35IN2O4SSi/c1-6-32(7-2,8-3)30-23(17-24)20-14-15-22(29-18-19-12-10-9-11-13-19)21(16-20)25-31(27,28)26(4)5/h9-16,23,25H,6-8,17-18H2,1-5H3/t23-/m1/s1. The summed E-state index contributed by atoms with van der Waals surface area (Å²) in [5.41, 5.74) is 2.38. The zero-order valence-electron chi connectivity index (χ0n) is 19.6. The van der Waals surface area contributed by atoms with E-state index in [2.05, 4.69) is 48.1 Å². The molecular weight excluding hydrogens is 555 g/mol. The molecule has 178 valence electrons. The van der Waals surface area contributed by atoms with E-state index in [0.29, 0.717) is 18.0 Å². The summed E-state index contributed by atoms with van der Waals surface area (Å²) in [5, 5.41) is 0. The van der Waals surface area contributed by atoms with E-state index in [-0.39, 0.29) is 6.10 Å². The lowest BCUT2D eigenvalue weighted by Crippen LogP contribution is -2.37. The van der Waals surface area contributed by atoms with Crippen LogP contribution in [0.5, 0.6) is 5.75 Å². The molecule has 0 radical (unpaired) electrons. The molecule has 0 saturated heterocycles. The summed E-state index contributed by atoms with van der Waals surface area (Å²) >= 11 is 2.34. The first kappa shape index (κ1) is 27.1. The number of nitrogens with one attached hydrogen (secondary N) is 1. The predicted octanol–water partition coefficient (Wildman–Crippen LogP) is 5.98. The number of hydrogen-bond acceptors (Lipinski definition) is 4. The average molecular weight is 591 g/mol. The van der Waals surface area contributed by atoms with Gasteiger partial charge in [0.05, 0.1) is 11.8 Å². The molecule has 2 aromatic rings. The fourth-order valence-corrected chi connectivity index (χ4v) is 7.88. The second-order valence-corrected chi connectivity index (χ2v) is 15.4. The van der Waals surface area contributed by atoms with Crippen LogP contribution in [0, 0.1) is 0 Å². The van der Waals surface area contributed by atoms with Gasteiger partial charge in [0.2, 0.25) is 0 Å². The molecule has 0 spiro atoms. The Morgan fingerprint density at radius 3 is 2.19 bits per heavy atom. The molecule has 0 saturated carbocycles. The topological polar surface area (TPSA) is 67.9 Å². The number of anilines is 1. The van der Waals surface area contributed by atoms with Crippen LogP contribution in [-0.2, 0) is 21.2 Å². The van der Waals surface area contributed by atoms with Crippen LogP contribution in [0.15, 0.2) is 48.5 Å². The van der Waals surface area contributed by atoms with Gasteiger partial charge in [-0.15, -0.1) is 0 Å². The van der Waals surface area contributed by atoms with E-state index in [1.54, 1.807) is 0 Å². The van der Waals surface area contributed by atoms with Gasteiger partial charge in [-0.25, -0.2) is 0 Å². The molecular formula is C23H35IN2O4SSi. The second-order valence-electron chi connectivity index (χ2n) is 7.92. The zero-order valence-corrected chi connectivity index (χ0v) is 23.6. The lowest BCUT2D eigenvalue weighted by Gasteiger charge is -2.33. The van der Waals surface area contributed by atoms with Gasteiger partial charge in [0.1, 0.15) is 12.4 Å². The van der Waals surface area contributed by atoms with E-state index in [1.807, 2.05) is 48.5 Å². The molecule has 32 heavy (non-hydrogen) atoms. The SMILES string of the molecule is CC[Si](CC)(CC)O[C@H](CI)c1ccc(OCc2ccccc2)c(NS(=O)(=O)N(C)C)c1. The Balaban J connectivity index is 2.39. The molecule has 0 aromatic heterocycles. The summed E-state index contributed by atoms with van der Waals surface area (Å²) < 4.78 is 42.5. The van der Waals surface area contributed by atoms with Gasteiger partial charge < -0.3 is 9.16 Å². The Labute approximate surface area is 208 Å². The third-order valence-electron chi connectivity index (χ3n) is 5.80. The van der Waals surface area contributed by atoms with Gasteiger partial charge in [-0.05, 0) is 41.4 Å². The number of alkyl halides is 1. The molecule has 6 nitrogen and oxygen atoms in total. The summed E-state index contributed by atoms with van der Waals surface area (Å²) in [5.74, 6) is 0.486. The van der Waals surface area contributed by atoms with Crippen LogP contribution >= 0.6 is 22.6 Å². The van der Waals surface area contributed by atoms with E-state index < -0.39 is 18.5 Å². The number of rotatable bonds is 13. The van der Waals surface area contributed by atoms with Crippen molar-refractivity contribution in [1.82, 2.24) is 4.31 Å². The van der Waals surface area contributed by atoms with Crippen LogP contribution in [0.3, 0.4) is 0 Å². The van der Waals surface area contributed by atoms with Crippen molar-refractivity contribution in [3.63, 3.8) is 0 Å².